The average Bonchev–Trinajstić information content (AvgIpc) is 3.22. The van der Waals surface area contributed by atoms with Crippen LogP contribution in [0, 0.1) is 24.5 Å². The number of furan rings is 1. The summed E-state index contributed by atoms with van der Waals surface area (Å²) in [5, 5.41) is 3.80. The Morgan fingerprint density at radius 1 is 1.22 bits per heavy atom. The highest BCUT2D eigenvalue weighted by molar-refractivity contribution is 5.94. The summed E-state index contributed by atoms with van der Waals surface area (Å²) in [5.74, 6) is -1.59. The van der Waals surface area contributed by atoms with E-state index in [9.17, 15) is 22.9 Å². The molecule has 10 heteroatoms. The number of benzene rings is 1. The molecule has 0 spiro atoms. The van der Waals surface area contributed by atoms with Crippen molar-refractivity contribution in [1.82, 2.24) is 9.88 Å². The summed E-state index contributed by atoms with van der Waals surface area (Å²) in [5.41, 5.74) is 0.996. The maximum atomic E-state index is 14.4. The fourth-order valence-corrected chi connectivity index (χ4v) is 4.81. The lowest BCUT2D eigenvalue weighted by Crippen LogP contribution is -2.29. The van der Waals surface area contributed by atoms with Gasteiger partial charge in [0.15, 0.2) is 11.4 Å². The van der Waals surface area contributed by atoms with Crippen LogP contribution in [0.3, 0.4) is 0 Å². The summed E-state index contributed by atoms with van der Waals surface area (Å²) in [4.78, 5) is 32.4. The number of nitrogens with zero attached hydrogens (tertiary/aromatic N) is 2. The molecule has 1 amide bonds. The number of hydrogen-bond donors (Lipinski definition) is 1. The molecule has 36 heavy (non-hydrogen) atoms. The third-order valence-corrected chi connectivity index (χ3v) is 6.80. The van der Waals surface area contributed by atoms with E-state index in [1.54, 1.807) is 19.1 Å². The van der Waals surface area contributed by atoms with Gasteiger partial charge in [-0.3, -0.25) is 9.74 Å². The first-order valence-electron chi connectivity index (χ1n) is 12.0. The summed E-state index contributed by atoms with van der Waals surface area (Å²) >= 11 is 0. The number of anilines is 1. The first-order valence-corrected chi connectivity index (χ1v) is 12.0. The number of pyridine rings is 1. The van der Waals surface area contributed by atoms with Gasteiger partial charge in [-0.1, -0.05) is 19.3 Å². The Labute approximate surface area is 206 Å². The lowest BCUT2D eigenvalue weighted by atomic mass is 9.82. The number of rotatable bonds is 8. The Hall–Kier alpha value is -3.56. The molecule has 7 nitrogen and oxygen atoms in total. The smallest absolute Gasteiger partial charge is 0.350 e. The predicted molar refractivity (Wildman–Crippen MR) is 127 cm³/mol. The van der Waals surface area contributed by atoms with Crippen LogP contribution in [0.5, 0.6) is 0 Å². The molecular weight excluding hydrogens is 475 g/mol. The molecule has 1 aromatic carbocycles. The fourth-order valence-electron chi connectivity index (χ4n) is 4.81. The number of halogens is 3. The second-order valence-electron chi connectivity index (χ2n) is 9.23. The van der Waals surface area contributed by atoms with E-state index in [2.05, 4.69) is 15.2 Å². The summed E-state index contributed by atoms with van der Waals surface area (Å²) in [6, 6.07) is 5.03. The molecule has 1 unspecified atom stereocenters. The Morgan fingerprint density at radius 2 is 1.97 bits per heavy atom. The second-order valence-corrected chi connectivity index (χ2v) is 9.23. The maximum Gasteiger partial charge on any atom is 0.350 e. The topological polar surface area (TPSA) is 84.7 Å². The molecule has 0 saturated heterocycles. The van der Waals surface area contributed by atoms with E-state index in [0.717, 1.165) is 38.2 Å². The Bertz CT molecular complexity index is 1240. The van der Waals surface area contributed by atoms with E-state index in [-0.39, 0.29) is 36.4 Å². The molecule has 192 valence electrons. The summed E-state index contributed by atoms with van der Waals surface area (Å²) in [7, 11) is 1.49. The van der Waals surface area contributed by atoms with Crippen LogP contribution in [0.25, 0.3) is 11.0 Å². The molecule has 1 aliphatic carbocycles. The van der Waals surface area contributed by atoms with Crippen LogP contribution < -0.4 is 5.32 Å². The number of fused-ring (bicyclic) bond motifs is 1. The molecule has 4 rings (SSSR count). The highest BCUT2D eigenvalue weighted by Gasteiger charge is 2.31. The molecule has 1 atom stereocenters. The van der Waals surface area contributed by atoms with E-state index in [1.807, 2.05) is 0 Å². The number of hydrogen-bond acceptors (Lipinski definition) is 6. The van der Waals surface area contributed by atoms with Gasteiger partial charge in [-0.15, -0.1) is 0 Å². The van der Waals surface area contributed by atoms with Gasteiger partial charge in [0, 0.05) is 41.3 Å². The molecule has 3 aromatic rings. The zero-order valence-electron chi connectivity index (χ0n) is 20.2. The van der Waals surface area contributed by atoms with Crippen molar-refractivity contribution in [2.75, 3.05) is 18.9 Å². The van der Waals surface area contributed by atoms with Crippen LogP contribution >= 0.6 is 0 Å². The number of amides is 1. The minimum absolute atomic E-state index is 0.00613. The SMILES string of the molecule is Cc1c(C(Nc2ccc(C(=O)N(C)CCC(=O)OF)cn2)C2CCCCC2)oc2c(F)cc(F)cc12. The van der Waals surface area contributed by atoms with Gasteiger partial charge < -0.3 is 14.6 Å². The first-order chi connectivity index (χ1) is 17.3. The van der Waals surface area contributed by atoms with Crippen LogP contribution in [-0.2, 0) is 9.74 Å². The maximum absolute atomic E-state index is 14.4. The van der Waals surface area contributed by atoms with Crippen molar-refractivity contribution < 1.29 is 32.3 Å². The van der Waals surface area contributed by atoms with Crippen molar-refractivity contribution in [2.45, 2.75) is 51.5 Å². The van der Waals surface area contributed by atoms with E-state index in [0.29, 0.717) is 28.1 Å². The van der Waals surface area contributed by atoms with Crippen molar-refractivity contribution >= 4 is 28.7 Å². The van der Waals surface area contributed by atoms with Crippen LogP contribution in [-0.4, -0.2) is 35.4 Å². The second kappa shape index (κ2) is 11.0. The summed E-state index contributed by atoms with van der Waals surface area (Å²) < 4.78 is 46.1. The van der Waals surface area contributed by atoms with Gasteiger partial charge in [0.1, 0.15) is 17.4 Å². The van der Waals surface area contributed by atoms with Crippen molar-refractivity contribution in [3.8, 4) is 0 Å². The molecule has 1 aliphatic rings. The highest BCUT2D eigenvalue weighted by Crippen LogP contribution is 2.41. The van der Waals surface area contributed by atoms with Crippen LogP contribution in [0.1, 0.15) is 66.2 Å². The minimum atomic E-state index is -1.05. The summed E-state index contributed by atoms with van der Waals surface area (Å²) in [6.07, 6.45) is 6.32. The molecule has 2 heterocycles. The Kier molecular flexibility index (Phi) is 7.81. The van der Waals surface area contributed by atoms with Crippen molar-refractivity contribution in [2.24, 2.45) is 5.92 Å². The number of nitrogens with one attached hydrogen (secondary N) is 1. The van der Waals surface area contributed by atoms with Crippen LogP contribution in [0.2, 0.25) is 0 Å². The first kappa shape index (κ1) is 25.5. The number of aryl methyl sites for hydroxylation is 1. The van der Waals surface area contributed by atoms with Gasteiger partial charge in [0.2, 0.25) is 0 Å². The van der Waals surface area contributed by atoms with Gasteiger partial charge in [0.05, 0.1) is 18.0 Å². The lowest BCUT2D eigenvalue weighted by Gasteiger charge is -2.30. The van der Waals surface area contributed by atoms with Crippen molar-refractivity contribution in [1.29, 1.82) is 0 Å². The van der Waals surface area contributed by atoms with E-state index in [4.69, 9.17) is 4.42 Å². The fraction of sp³-hybridized carbons (Fsp3) is 0.423. The third-order valence-electron chi connectivity index (χ3n) is 6.80. The number of carbonyl (C=O) groups is 2. The Morgan fingerprint density at radius 3 is 2.64 bits per heavy atom. The standard InChI is InChI=1S/C26H28F3N3O4/c1-15-19-12-18(27)13-20(28)25(19)35-24(15)23(16-6-4-3-5-7-16)31-21-9-8-17(14-30-21)26(34)32(2)11-10-22(33)36-29/h8-9,12-14,16,23H,3-7,10-11H2,1-2H3,(H,30,31). The van der Waals surface area contributed by atoms with Gasteiger partial charge in [-0.2, -0.15) is 0 Å². The van der Waals surface area contributed by atoms with Crippen LogP contribution in [0.4, 0.5) is 19.1 Å². The van der Waals surface area contributed by atoms with Crippen LogP contribution in [0.15, 0.2) is 34.9 Å². The van der Waals surface area contributed by atoms with Gasteiger partial charge >= 0.3 is 5.97 Å². The minimum Gasteiger partial charge on any atom is -0.455 e. The number of carbonyl (C=O) groups excluding carboxylic acids is 2. The zero-order valence-corrected chi connectivity index (χ0v) is 20.2. The number of aromatic nitrogens is 1. The van der Waals surface area contributed by atoms with E-state index >= 15 is 0 Å². The lowest BCUT2D eigenvalue weighted by molar-refractivity contribution is -0.183. The molecule has 1 N–H and O–H groups in total. The largest absolute Gasteiger partial charge is 0.455 e. The average molecular weight is 504 g/mol. The van der Waals surface area contributed by atoms with E-state index < -0.39 is 17.6 Å². The monoisotopic (exact) mass is 503 g/mol. The van der Waals surface area contributed by atoms with Gasteiger partial charge in [0.25, 0.3) is 5.91 Å². The van der Waals surface area contributed by atoms with E-state index in [1.165, 1.54) is 24.2 Å². The zero-order chi connectivity index (χ0) is 25.8. The van der Waals surface area contributed by atoms with Crippen molar-refractivity contribution in [3.05, 3.63) is 59.0 Å². The van der Waals surface area contributed by atoms with Gasteiger partial charge in [-0.05, 0) is 43.9 Å². The Balaban J connectivity index is 1.57. The molecular formula is C26H28F3N3O4. The van der Waals surface area contributed by atoms with Crippen molar-refractivity contribution in [3.63, 3.8) is 0 Å². The molecule has 1 saturated carbocycles. The normalized spacial score (nSPS) is 15.0. The highest BCUT2D eigenvalue weighted by atomic mass is 19.3. The third kappa shape index (κ3) is 5.47. The molecule has 1 fully saturated rings. The molecule has 0 radical (unpaired) electrons. The predicted octanol–water partition coefficient (Wildman–Crippen LogP) is 6.04. The summed E-state index contributed by atoms with van der Waals surface area (Å²) in [6.45, 7) is 1.79. The molecule has 0 aliphatic heterocycles. The van der Waals surface area contributed by atoms with Gasteiger partial charge in [-0.25, -0.2) is 18.6 Å². The quantitative estimate of drug-likeness (QED) is 0.404. The molecule has 0 bridgehead atoms. The molecule has 2 aromatic heterocycles.